The summed E-state index contributed by atoms with van der Waals surface area (Å²) < 4.78 is 3.48. The fourth-order valence-corrected chi connectivity index (χ4v) is 1.83. The minimum absolute atomic E-state index is 0.287. The van der Waals surface area contributed by atoms with Crippen LogP contribution in [0.3, 0.4) is 0 Å². The fourth-order valence-electron chi connectivity index (χ4n) is 0.575. The zero-order valence-electron chi connectivity index (χ0n) is 5.24. The molecule has 0 saturated carbocycles. The predicted molar refractivity (Wildman–Crippen MR) is 53.9 cm³/mol. The number of hydrogen-bond donors (Lipinski definition) is 2. The van der Waals surface area contributed by atoms with E-state index in [1.165, 1.54) is 0 Å². The van der Waals surface area contributed by atoms with Crippen LogP contribution in [-0.4, -0.2) is 4.98 Å². The molecule has 1 aromatic rings. The van der Waals surface area contributed by atoms with Gasteiger partial charge in [-0.25, -0.2) is 4.98 Å². The van der Waals surface area contributed by atoms with E-state index in [1.807, 2.05) is 0 Å². The first-order valence-electron chi connectivity index (χ1n) is 2.63. The smallest absolute Gasteiger partial charge is 0.154 e. The molecule has 0 aromatic carbocycles. The number of hydrogen-bond acceptors (Lipinski definition) is 3. The first-order valence-corrected chi connectivity index (χ1v) is 4.59. The maximum absolute atomic E-state index is 5.65. The number of nitrogen functional groups attached to an aromatic ring is 1. The van der Waals surface area contributed by atoms with Gasteiger partial charge in [0.25, 0.3) is 0 Å². The predicted octanol–water partition coefficient (Wildman–Crippen LogP) is 2.80. The monoisotopic (exact) mass is 299 g/mol. The van der Waals surface area contributed by atoms with E-state index in [4.69, 9.17) is 17.3 Å². The molecule has 0 saturated heterocycles. The SMILES string of the molecule is Nc1c(Cl)ncc(Br)c1NBr. The van der Waals surface area contributed by atoms with E-state index in [-0.39, 0.29) is 5.15 Å². The molecule has 1 aromatic heterocycles. The third-order valence-electron chi connectivity index (χ3n) is 1.12. The number of halogens is 3. The summed E-state index contributed by atoms with van der Waals surface area (Å²) in [4.78, 5) is 3.82. The highest BCUT2D eigenvalue weighted by Crippen LogP contribution is 2.32. The molecule has 0 bridgehead atoms. The normalized spacial score (nSPS) is 9.73. The van der Waals surface area contributed by atoms with Crippen LogP contribution in [0.2, 0.25) is 5.15 Å². The van der Waals surface area contributed by atoms with Crippen molar-refractivity contribution >= 4 is 55.1 Å². The van der Waals surface area contributed by atoms with Crippen molar-refractivity contribution in [2.75, 3.05) is 10.1 Å². The number of nitrogens with zero attached hydrogens (tertiary/aromatic N) is 1. The van der Waals surface area contributed by atoms with Crippen molar-refractivity contribution < 1.29 is 0 Å². The van der Waals surface area contributed by atoms with Crippen LogP contribution in [0.15, 0.2) is 10.7 Å². The highest BCUT2D eigenvalue weighted by atomic mass is 79.9. The summed E-state index contributed by atoms with van der Waals surface area (Å²) in [5.74, 6) is 0. The number of nitrogens with two attached hydrogens (primary N) is 1. The zero-order valence-corrected chi connectivity index (χ0v) is 9.16. The molecule has 0 radical (unpaired) electrons. The van der Waals surface area contributed by atoms with Gasteiger partial charge in [0.15, 0.2) is 5.15 Å². The van der Waals surface area contributed by atoms with E-state index in [0.29, 0.717) is 11.4 Å². The van der Waals surface area contributed by atoms with Crippen LogP contribution in [-0.2, 0) is 0 Å². The summed E-state index contributed by atoms with van der Waals surface area (Å²) in [5.41, 5.74) is 6.68. The molecule has 0 aliphatic heterocycles. The zero-order chi connectivity index (χ0) is 8.43. The lowest BCUT2D eigenvalue weighted by molar-refractivity contribution is 1.32. The van der Waals surface area contributed by atoms with Crippen LogP contribution >= 0.6 is 43.7 Å². The Morgan fingerprint density at radius 2 is 2.27 bits per heavy atom. The summed E-state index contributed by atoms with van der Waals surface area (Å²) in [6.45, 7) is 0. The Kier molecular flexibility index (Phi) is 2.98. The van der Waals surface area contributed by atoms with Gasteiger partial charge in [0.1, 0.15) is 0 Å². The highest BCUT2D eigenvalue weighted by Gasteiger charge is 2.07. The van der Waals surface area contributed by atoms with E-state index in [9.17, 15) is 0 Å². The quantitative estimate of drug-likeness (QED) is 0.619. The molecule has 60 valence electrons. The lowest BCUT2D eigenvalue weighted by Crippen LogP contribution is -1.95. The first kappa shape index (κ1) is 9.09. The van der Waals surface area contributed by atoms with Gasteiger partial charge in [0.05, 0.1) is 15.8 Å². The van der Waals surface area contributed by atoms with Gasteiger partial charge in [0, 0.05) is 22.3 Å². The van der Waals surface area contributed by atoms with Gasteiger partial charge >= 0.3 is 0 Å². The Hall–Kier alpha value is -0.0000000000000000555. The second-order valence-corrected chi connectivity index (χ2v) is 3.39. The average Bonchev–Trinajstić information content (AvgIpc) is 1.99. The van der Waals surface area contributed by atoms with Crippen LogP contribution in [0, 0.1) is 0 Å². The van der Waals surface area contributed by atoms with E-state index in [0.717, 1.165) is 4.47 Å². The molecule has 3 N–H and O–H groups in total. The largest absolute Gasteiger partial charge is 0.394 e. The van der Waals surface area contributed by atoms with Crippen molar-refractivity contribution in [3.63, 3.8) is 0 Å². The molecular formula is C5H4Br2ClN3. The van der Waals surface area contributed by atoms with Gasteiger partial charge in [-0.05, 0) is 15.9 Å². The first-order chi connectivity index (χ1) is 5.16. The van der Waals surface area contributed by atoms with Gasteiger partial charge in [0.2, 0.25) is 0 Å². The van der Waals surface area contributed by atoms with Crippen molar-refractivity contribution in [2.24, 2.45) is 0 Å². The van der Waals surface area contributed by atoms with Crippen LogP contribution in [0.5, 0.6) is 0 Å². The molecule has 0 spiro atoms. The van der Waals surface area contributed by atoms with Gasteiger partial charge in [-0.2, -0.15) is 0 Å². The minimum atomic E-state index is 0.287. The molecule has 1 heterocycles. The van der Waals surface area contributed by atoms with E-state index < -0.39 is 0 Å². The van der Waals surface area contributed by atoms with Crippen molar-refractivity contribution in [3.05, 3.63) is 15.8 Å². The van der Waals surface area contributed by atoms with Crippen molar-refractivity contribution in [1.82, 2.24) is 4.98 Å². The molecule has 0 fully saturated rings. The summed E-state index contributed by atoms with van der Waals surface area (Å²) in [7, 11) is 0. The molecule has 6 heteroatoms. The maximum Gasteiger partial charge on any atom is 0.154 e. The maximum atomic E-state index is 5.65. The lowest BCUT2D eigenvalue weighted by atomic mass is 10.4. The minimum Gasteiger partial charge on any atom is -0.394 e. The van der Waals surface area contributed by atoms with Crippen LogP contribution in [0.1, 0.15) is 0 Å². The second kappa shape index (κ2) is 3.60. The Morgan fingerprint density at radius 1 is 1.64 bits per heavy atom. The molecule has 0 aliphatic carbocycles. The molecule has 3 nitrogen and oxygen atoms in total. The standard InChI is InChI=1S/C5H4Br2ClN3/c6-2-1-10-5(8)3(9)4(2)11-7/h1H,9H2,(H,10,11). The van der Waals surface area contributed by atoms with E-state index in [1.54, 1.807) is 6.20 Å². The third-order valence-corrected chi connectivity index (χ3v) is 2.42. The number of aromatic nitrogens is 1. The van der Waals surface area contributed by atoms with E-state index >= 15 is 0 Å². The summed E-state index contributed by atoms with van der Waals surface area (Å²) in [5, 5.41) is 0.287. The molecule has 11 heavy (non-hydrogen) atoms. The molecule has 0 aliphatic rings. The Labute approximate surface area is 85.8 Å². The summed E-state index contributed by atoms with van der Waals surface area (Å²) in [6.07, 6.45) is 1.57. The summed E-state index contributed by atoms with van der Waals surface area (Å²) in [6, 6.07) is 0. The average molecular weight is 301 g/mol. The number of anilines is 2. The summed E-state index contributed by atoms with van der Waals surface area (Å²) >= 11 is 11.9. The molecule has 0 unspecified atom stereocenters. The Balaban J connectivity index is 3.29. The number of rotatable bonds is 1. The topological polar surface area (TPSA) is 50.9 Å². The second-order valence-electron chi connectivity index (χ2n) is 1.78. The van der Waals surface area contributed by atoms with Gasteiger partial charge < -0.3 is 10.1 Å². The van der Waals surface area contributed by atoms with Gasteiger partial charge in [-0.3, -0.25) is 0 Å². The van der Waals surface area contributed by atoms with Crippen LogP contribution in [0.25, 0.3) is 0 Å². The Morgan fingerprint density at radius 3 is 2.73 bits per heavy atom. The molecule has 0 atom stereocenters. The number of pyridine rings is 1. The van der Waals surface area contributed by atoms with Crippen LogP contribution < -0.4 is 10.1 Å². The van der Waals surface area contributed by atoms with Crippen molar-refractivity contribution in [1.29, 1.82) is 0 Å². The van der Waals surface area contributed by atoms with Gasteiger partial charge in [-0.15, -0.1) is 0 Å². The third kappa shape index (κ3) is 1.77. The molecular weight excluding hydrogens is 297 g/mol. The fraction of sp³-hybridized carbons (Fsp3) is 0. The lowest BCUT2D eigenvalue weighted by Gasteiger charge is -2.05. The van der Waals surface area contributed by atoms with Gasteiger partial charge in [-0.1, -0.05) is 11.6 Å². The Bertz CT molecular complexity index is 279. The van der Waals surface area contributed by atoms with Crippen molar-refractivity contribution in [3.8, 4) is 0 Å². The highest BCUT2D eigenvalue weighted by molar-refractivity contribution is 9.11. The van der Waals surface area contributed by atoms with Crippen LogP contribution in [0.4, 0.5) is 11.4 Å². The number of nitrogens with one attached hydrogen (secondary N) is 1. The van der Waals surface area contributed by atoms with Crippen molar-refractivity contribution in [2.45, 2.75) is 0 Å². The molecule has 0 amide bonds. The molecule has 1 rings (SSSR count). The van der Waals surface area contributed by atoms with E-state index in [2.05, 4.69) is 41.4 Å².